The monoisotopic (exact) mass is 487 g/mol. The van der Waals surface area contributed by atoms with Gasteiger partial charge in [-0.05, 0) is 42.7 Å². The molecule has 0 saturated carbocycles. The van der Waals surface area contributed by atoms with Crippen LogP contribution < -0.4 is 10.1 Å². The number of rotatable bonds is 8. The lowest BCUT2D eigenvalue weighted by Gasteiger charge is -2.36. The molecular weight excluding hydrogens is 454 g/mol. The molecule has 2 aliphatic rings. The van der Waals surface area contributed by atoms with Gasteiger partial charge in [-0.2, -0.15) is 4.31 Å². The maximum absolute atomic E-state index is 13.3. The van der Waals surface area contributed by atoms with Crippen LogP contribution in [0.2, 0.25) is 0 Å². The fraction of sp³-hybridized carbons (Fsp3) is 0.480. The molecule has 0 aromatic heterocycles. The maximum Gasteiger partial charge on any atom is 0.243 e. The molecule has 184 valence electrons. The van der Waals surface area contributed by atoms with Crippen LogP contribution in [0, 0.1) is 0 Å². The molecule has 0 aliphatic carbocycles. The first kappa shape index (κ1) is 24.7. The van der Waals surface area contributed by atoms with Gasteiger partial charge in [0.25, 0.3) is 0 Å². The first-order valence-corrected chi connectivity index (χ1v) is 13.2. The zero-order valence-electron chi connectivity index (χ0n) is 19.6. The Morgan fingerprint density at radius 1 is 1.06 bits per heavy atom. The fourth-order valence-electron chi connectivity index (χ4n) is 4.67. The number of piperidine rings is 1. The van der Waals surface area contributed by atoms with E-state index in [-0.39, 0.29) is 16.8 Å². The van der Waals surface area contributed by atoms with E-state index in [9.17, 15) is 13.2 Å². The summed E-state index contributed by atoms with van der Waals surface area (Å²) in [4.78, 5) is 15.8. The van der Waals surface area contributed by atoms with Gasteiger partial charge in [0.05, 0.1) is 31.3 Å². The SMILES string of the molecule is COc1ccc(C(CNC(=O)C2CCCCN2S(=O)(=O)c2ccccc2)N2CCOCC2)cc1. The second kappa shape index (κ2) is 11.3. The third-order valence-corrected chi connectivity index (χ3v) is 8.49. The highest BCUT2D eigenvalue weighted by Crippen LogP contribution is 2.27. The molecule has 0 radical (unpaired) electrons. The number of nitrogens with one attached hydrogen (secondary N) is 1. The van der Waals surface area contributed by atoms with E-state index in [1.807, 2.05) is 24.3 Å². The Kier molecular flexibility index (Phi) is 8.20. The van der Waals surface area contributed by atoms with Gasteiger partial charge in [0.2, 0.25) is 15.9 Å². The molecular formula is C25H33N3O5S. The van der Waals surface area contributed by atoms with Crippen LogP contribution in [-0.4, -0.2) is 76.1 Å². The summed E-state index contributed by atoms with van der Waals surface area (Å²) in [5.74, 6) is 0.531. The van der Waals surface area contributed by atoms with E-state index in [0.717, 1.165) is 37.2 Å². The van der Waals surface area contributed by atoms with E-state index in [0.29, 0.717) is 32.7 Å². The van der Waals surface area contributed by atoms with Crippen LogP contribution in [0.3, 0.4) is 0 Å². The summed E-state index contributed by atoms with van der Waals surface area (Å²) in [6.45, 7) is 3.56. The van der Waals surface area contributed by atoms with Crippen LogP contribution in [0.15, 0.2) is 59.5 Å². The summed E-state index contributed by atoms with van der Waals surface area (Å²) >= 11 is 0. The van der Waals surface area contributed by atoms with E-state index in [2.05, 4.69) is 10.2 Å². The molecule has 2 aromatic rings. The van der Waals surface area contributed by atoms with Crippen LogP contribution in [0.1, 0.15) is 30.9 Å². The van der Waals surface area contributed by atoms with Crippen molar-refractivity contribution in [2.45, 2.75) is 36.2 Å². The zero-order chi connectivity index (χ0) is 24.0. The third-order valence-electron chi connectivity index (χ3n) is 6.56. The van der Waals surface area contributed by atoms with Crippen LogP contribution >= 0.6 is 0 Å². The minimum atomic E-state index is -3.74. The molecule has 2 saturated heterocycles. The van der Waals surface area contributed by atoms with Gasteiger partial charge in [0.15, 0.2) is 0 Å². The molecule has 2 aromatic carbocycles. The Hall–Kier alpha value is -2.46. The van der Waals surface area contributed by atoms with E-state index in [1.54, 1.807) is 37.4 Å². The molecule has 2 aliphatic heterocycles. The number of benzene rings is 2. The summed E-state index contributed by atoms with van der Waals surface area (Å²) in [7, 11) is -2.11. The largest absolute Gasteiger partial charge is 0.497 e. The van der Waals surface area contributed by atoms with Gasteiger partial charge in [-0.15, -0.1) is 0 Å². The topological polar surface area (TPSA) is 88.2 Å². The van der Waals surface area contributed by atoms with Crippen LogP contribution in [0.25, 0.3) is 0 Å². The minimum absolute atomic E-state index is 0.0403. The zero-order valence-corrected chi connectivity index (χ0v) is 20.4. The van der Waals surface area contributed by atoms with Crippen molar-refractivity contribution < 1.29 is 22.7 Å². The van der Waals surface area contributed by atoms with Gasteiger partial charge in [0.1, 0.15) is 11.8 Å². The van der Waals surface area contributed by atoms with E-state index >= 15 is 0 Å². The number of amides is 1. The Balaban J connectivity index is 1.50. The summed E-state index contributed by atoms with van der Waals surface area (Å²) in [5.41, 5.74) is 1.07. The van der Waals surface area contributed by atoms with Gasteiger partial charge in [0, 0.05) is 26.2 Å². The van der Waals surface area contributed by atoms with Crippen molar-refractivity contribution in [3.63, 3.8) is 0 Å². The number of morpholine rings is 1. The second-order valence-electron chi connectivity index (χ2n) is 8.62. The number of methoxy groups -OCH3 is 1. The van der Waals surface area contributed by atoms with Crippen molar-refractivity contribution in [1.82, 2.24) is 14.5 Å². The summed E-state index contributed by atoms with van der Waals surface area (Å²) < 4.78 is 38.7. The first-order valence-electron chi connectivity index (χ1n) is 11.8. The molecule has 2 unspecified atom stereocenters. The highest BCUT2D eigenvalue weighted by Gasteiger charge is 2.38. The molecule has 2 fully saturated rings. The van der Waals surface area contributed by atoms with E-state index in [4.69, 9.17) is 9.47 Å². The highest BCUT2D eigenvalue weighted by atomic mass is 32.2. The summed E-state index contributed by atoms with van der Waals surface area (Å²) in [6.07, 6.45) is 2.09. The number of carbonyl (C=O) groups excluding carboxylic acids is 1. The summed E-state index contributed by atoms with van der Waals surface area (Å²) in [6, 6.07) is 15.5. The normalized spacial score (nSPS) is 21.0. The Morgan fingerprint density at radius 3 is 2.44 bits per heavy atom. The molecule has 2 atom stereocenters. The van der Waals surface area contributed by atoms with Crippen molar-refractivity contribution in [1.29, 1.82) is 0 Å². The van der Waals surface area contributed by atoms with Gasteiger partial charge in [-0.1, -0.05) is 36.8 Å². The molecule has 1 amide bonds. The van der Waals surface area contributed by atoms with Crippen molar-refractivity contribution >= 4 is 15.9 Å². The fourth-order valence-corrected chi connectivity index (χ4v) is 6.35. The van der Waals surface area contributed by atoms with Crippen LogP contribution in [-0.2, 0) is 19.6 Å². The van der Waals surface area contributed by atoms with E-state index < -0.39 is 16.1 Å². The molecule has 4 rings (SSSR count). The van der Waals surface area contributed by atoms with Gasteiger partial charge in [-0.3, -0.25) is 9.69 Å². The molecule has 9 heteroatoms. The number of nitrogens with zero attached hydrogens (tertiary/aromatic N) is 2. The molecule has 34 heavy (non-hydrogen) atoms. The average molecular weight is 488 g/mol. The standard InChI is InChI=1S/C25H33N3O5S/c1-32-21-12-10-20(11-13-21)24(27-15-17-33-18-16-27)19-26-25(29)23-9-5-6-14-28(23)34(30,31)22-7-3-2-4-8-22/h2-4,7-8,10-13,23-24H,5-6,9,14-19H2,1H3,(H,26,29). The highest BCUT2D eigenvalue weighted by molar-refractivity contribution is 7.89. The number of carbonyl (C=O) groups is 1. The molecule has 8 nitrogen and oxygen atoms in total. The van der Waals surface area contributed by atoms with Gasteiger partial charge >= 0.3 is 0 Å². The lowest BCUT2D eigenvalue weighted by molar-refractivity contribution is -0.126. The van der Waals surface area contributed by atoms with Crippen molar-refractivity contribution in [3.05, 3.63) is 60.2 Å². The number of hydrogen-bond acceptors (Lipinski definition) is 6. The number of hydrogen-bond donors (Lipinski definition) is 1. The second-order valence-corrected chi connectivity index (χ2v) is 10.5. The Labute approximate surface area is 201 Å². The quantitative estimate of drug-likeness (QED) is 0.615. The Morgan fingerprint density at radius 2 is 1.76 bits per heavy atom. The number of sulfonamides is 1. The smallest absolute Gasteiger partial charge is 0.243 e. The lowest BCUT2D eigenvalue weighted by atomic mass is 10.0. The van der Waals surface area contributed by atoms with E-state index in [1.165, 1.54) is 4.31 Å². The average Bonchev–Trinajstić information content (AvgIpc) is 2.90. The molecule has 2 heterocycles. The third kappa shape index (κ3) is 5.60. The molecule has 0 spiro atoms. The van der Waals surface area contributed by atoms with Crippen molar-refractivity contribution in [2.24, 2.45) is 0 Å². The van der Waals surface area contributed by atoms with Crippen LogP contribution in [0.5, 0.6) is 5.75 Å². The maximum atomic E-state index is 13.3. The molecule has 0 bridgehead atoms. The number of ether oxygens (including phenoxy) is 2. The predicted octanol–water partition coefficient (Wildman–Crippen LogP) is 2.43. The Bertz CT molecular complexity index is 1040. The summed E-state index contributed by atoms with van der Waals surface area (Å²) in [5, 5.41) is 3.07. The van der Waals surface area contributed by atoms with Crippen molar-refractivity contribution in [2.75, 3.05) is 46.5 Å². The minimum Gasteiger partial charge on any atom is -0.497 e. The van der Waals surface area contributed by atoms with Crippen LogP contribution in [0.4, 0.5) is 0 Å². The van der Waals surface area contributed by atoms with Gasteiger partial charge in [-0.25, -0.2) is 8.42 Å². The lowest BCUT2D eigenvalue weighted by Crippen LogP contribution is -2.53. The van der Waals surface area contributed by atoms with Gasteiger partial charge < -0.3 is 14.8 Å². The van der Waals surface area contributed by atoms with Crippen molar-refractivity contribution in [3.8, 4) is 5.75 Å². The molecule has 1 N–H and O–H groups in total. The predicted molar refractivity (Wildman–Crippen MR) is 129 cm³/mol. The first-order chi connectivity index (χ1) is 16.5.